The summed E-state index contributed by atoms with van der Waals surface area (Å²) in [5.74, 6) is -1.03. The van der Waals surface area contributed by atoms with Crippen LogP contribution in [-0.4, -0.2) is 34.1 Å². The third kappa shape index (κ3) is 5.29. The monoisotopic (exact) mass is 281 g/mol. The van der Waals surface area contributed by atoms with E-state index in [0.29, 0.717) is 13.0 Å². The fourth-order valence-corrected chi connectivity index (χ4v) is 2.55. The predicted molar refractivity (Wildman–Crippen MR) is 78.3 cm³/mol. The fourth-order valence-electron chi connectivity index (χ4n) is 2.55. The summed E-state index contributed by atoms with van der Waals surface area (Å²) in [4.78, 5) is 12.9. The standard InChI is InChI=1S/C16H24FNO2/c1-12(10-13-6-5-7-14(17)11-13)18(16(2,3)4)9-8-15(19)20/h5-7,11-12H,8-10H2,1-4H3,(H,19,20). The highest BCUT2D eigenvalue weighted by Gasteiger charge is 2.26. The highest BCUT2D eigenvalue weighted by Crippen LogP contribution is 2.20. The molecule has 1 atom stereocenters. The van der Waals surface area contributed by atoms with Crippen molar-refractivity contribution in [3.05, 3.63) is 35.6 Å². The zero-order valence-corrected chi connectivity index (χ0v) is 12.7. The second-order valence-corrected chi connectivity index (χ2v) is 6.19. The van der Waals surface area contributed by atoms with Crippen molar-refractivity contribution >= 4 is 5.97 Å². The zero-order valence-electron chi connectivity index (χ0n) is 12.7. The van der Waals surface area contributed by atoms with Crippen molar-refractivity contribution in [2.45, 2.75) is 52.1 Å². The van der Waals surface area contributed by atoms with E-state index in [0.717, 1.165) is 5.56 Å². The van der Waals surface area contributed by atoms with Crippen molar-refractivity contribution in [2.75, 3.05) is 6.54 Å². The van der Waals surface area contributed by atoms with Crippen LogP contribution in [0.1, 0.15) is 39.7 Å². The molecule has 0 amide bonds. The average molecular weight is 281 g/mol. The molecule has 0 saturated heterocycles. The summed E-state index contributed by atoms with van der Waals surface area (Å²) in [7, 11) is 0. The zero-order chi connectivity index (χ0) is 15.3. The van der Waals surface area contributed by atoms with Crippen molar-refractivity contribution in [1.29, 1.82) is 0 Å². The molecule has 1 aromatic carbocycles. The van der Waals surface area contributed by atoms with Crippen LogP contribution in [0.3, 0.4) is 0 Å². The van der Waals surface area contributed by atoms with Crippen molar-refractivity contribution in [3.63, 3.8) is 0 Å². The molecule has 3 nitrogen and oxygen atoms in total. The lowest BCUT2D eigenvalue weighted by Gasteiger charge is -2.40. The first-order valence-electron chi connectivity index (χ1n) is 6.93. The average Bonchev–Trinajstić information content (AvgIpc) is 2.26. The van der Waals surface area contributed by atoms with Crippen LogP contribution in [0.15, 0.2) is 24.3 Å². The van der Waals surface area contributed by atoms with E-state index in [9.17, 15) is 9.18 Å². The van der Waals surface area contributed by atoms with E-state index in [4.69, 9.17) is 5.11 Å². The summed E-state index contributed by atoms with van der Waals surface area (Å²) >= 11 is 0. The molecule has 0 heterocycles. The number of aliphatic carboxylic acids is 1. The second-order valence-electron chi connectivity index (χ2n) is 6.19. The van der Waals surface area contributed by atoms with Crippen molar-refractivity contribution < 1.29 is 14.3 Å². The van der Waals surface area contributed by atoms with Gasteiger partial charge < -0.3 is 5.11 Å². The van der Waals surface area contributed by atoms with Crippen molar-refractivity contribution in [3.8, 4) is 0 Å². The van der Waals surface area contributed by atoms with Gasteiger partial charge in [0.1, 0.15) is 5.82 Å². The number of hydrogen-bond acceptors (Lipinski definition) is 2. The number of carboxylic acids is 1. The number of nitrogens with zero attached hydrogens (tertiary/aromatic N) is 1. The Kier molecular flexibility index (Phi) is 5.69. The van der Waals surface area contributed by atoms with Gasteiger partial charge in [0, 0.05) is 18.1 Å². The Balaban J connectivity index is 2.77. The van der Waals surface area contributed by atoms with Gasteiger partial charge in [0.25, 0.3) is 0 Å². The van der Waals surface area contributed by atoms with E-state index < -0.39 is 5.97 Å². The molecular weight excluding hydrogens is 257 g/mol. The molecular formula is C16H24FNO2. The van der Waals surface area contributed by atoms with Gasteiger partial charge in [0.05, 0.1) is 6.42 Å². The van der Waals surface area contributed by atoms with Gasteiger partial charge in [-0.05, 0) is 51.8 Å². The highest BCUT2D eigenvalue weighted by atomic mass is 19.1. The number of halogens is 1. The summed E-state index contributed by atoms with van der Waals surface area (Å²) in [5.41, 5.74) is 0.810. The van der Waals surface area contributed by atoms with Gasteiger partial charge in [-0.15, -0.1) is 0 Å². The molecule has 4 heteroatoms. The summed E-state index contributed by atoms with van der Waals surface area (Å²) in [6.07, 6.45) is 0.819. The molecule has 20 heavy (non-hydrogen) atoms. The van der Waals surface area contributed by atoms with E-state index in [1.807, 2.05) is 6.07 Å². The second kappa shape index (κ2) is 6.84. The Bertz CT molecular complexity index is 454. The Labute approximate surface area is 120 Å². The maximum atomic E-state index is 13.2. The highest BCUT2D eigenvalue weighted by molar-refractivity contribution is 5.66. The molecule has 0 aromatic heterocycles. The largest absolute Gasteiger partial charge is 0.481 e. The molecule has 1 unspecified atom stereocenters. The maximum absolute atomic E-state index is 13.2. The van der Waals surface area contributed by atoms with Crippen LogP contribution >= 0.6 is 0 Å². The van der Waals surface area contributed by atoms with Gasteiger partial charge in [0.2, 0.25) is 0 Å². The predicted octanol–water partition coefficient (Wildman–Crippen LogP) is 3.33. The molecule has 1 N–H and O–H groups in total. The third-order valence-corrected chi connectivity index (χ3v) is 3.38. The van der Waals surface area contributed by atoms with E-state index in [2.05, 4.69) is 32.6 Å². The van der Waals surface area contributed by atoms with Gasteiger partial charge in [-0.3, -0.25) is 9.69 Å². The molecule has 0 aliphatic carbocycles. The molecule has 0 aliphatic heterocycles. The minimum absolute atomic E-state index is 0.116. The molecule has 1 aromatic rings. The molecule has 1 rings (SSSR count). The lowest BCUT2D eigenvalue weighted by Crippen LogP contribution is -2.48. The Morgan fingerprint density at radius 2 is 2.05 bits per heavy atom. The topological polar surface area (TPSA) is 40.5 Å². The van der Waals surface area contributed by atoms with Gasteiger partial charge in [-0.25, -0.2) is 4.39 Å². The molecule has 0 bridgehead atoms. The first-order valence-corrected chi connectivity index (χ1v) is 6.93. The van der Waals surface area contributed by atoms with E-state index >= 15 is 0 Å². The summed E-state index contributed by atoms with van der Waals surface area (Å²) < 4.78 is 13.2. The Hall–Kier alpha value is -1.42. The van der Waals surface area contributed by atoms with Gasteiger partial charge in [-0.2, -0.15) is 0 Å². The summed E-state index contributed by atoms with van der Waals surface area (Å²) in [5, 5.41) is 8.86. The lowest BCUT2D eigenvalue weighted by molar-refractivity contribution is -0.137. The number of carbonyl (C=O) groups is 1. The van der Waals surface area contributed by atoms with Gasteiger partial charge in [0.15, 0.2) is 0 Å². The SMILES string of the molecule is CC(Cc1cccc(F)c1)N(CCC(=O)O)C(C)(C)C. The van der Waals surface area contributed by atoms with Crippen LogP contribution in [0, 0.1) is 5.82 Å². The molecule has 112 valence electrons. The Morgan fingerprint density at radius 3 is 2.55 bits per heavy atom. The van der Waals surface area contributed by atoms with Gasteiger partial charge in [-0.1, -0.05) is 12.1 Å². The molecule has 0 saturated carbocycles. The fraction of sp³-hybridized carbons (Fsp3) is 0.562. The van der Waals surface area contributed by atoms with E-state index in [1.54, 1.807) is 6.07 Å². The summed E-state index contributed by atoms with van der Waals surface area (Å²) in [6.45, 7) is 8.75. The normalized spacial score (nSPS) is 13.5. The first-order chi connectivity index (χ1) is 9.20. The number of carboxylic acid groups (broad SMARTS) is 1. The van der Waals surface area contributed by atoms with Crippen LogP contribution < -0.4 is 0 Å². The van der Waals surface area contributed by atoms with Crippen LogP contribution in [0.25, 0.3) is 0 Å². The summed E-state index contributed by atoms with van der Waals surface area (Å²) in [6, 6.07) is 6.72. The van der Waals surface area contributed by atoms with Crippen LogP contribution in [0.2, 0.25) is 0 Å². The van der Waals surface area contributed by atoms with E-state index in [1.165, 1.54) is 12.1 Å². The minimum Gasteiger partial charge on any atom is -0.481 e. The maximum Gasteiger partial charge on any atom is 0.304 e. The van der Waals surface area contributed by atoms with E-state index in [-0.39, 0.29) is 23.8 Å². The van der Waals surface area contributed by atoms with Crippen LogP contribution in [-0.2, 0) is 11.2 Å². The quantitative estimate of drug-likeness (QED) is 0.869. The molecule has 0 radical (unpaired) electrons. The van der Waals surface area contributed by atoms with Crippen molar-refractivity contribution in [2.24, 2.45) is 0 Å². The number of rotatable bonds is 6. The molecule has 0 aliphatic rings. The van der Waals surface area contributed by atoms with Crippen LogP contribution in [0.5, 0.6) is 0 Å². The number of benzene rings is 1. The third-order valence-electron chi connectivity index (χ3n) is 3.38. The first kappa shape index (κ1) is 16.6. The van der Waals surface area contributed by atoms with Crippen molar-refractivity contribution in [1.82, 2.24) is 4.90 Å². The van der Waals surface area contributed by atoms with Crippen LogP contribution in [0.4, 0.5) is 4.39 Å². The minimum atomic E-state index is -0.794. The number of hydrogen-bond donors (Lipinski definition) is 1. The molecule has 0 spiro atoms. The lowest BCUT2D eigenvalue weighted by atomic mass is 9.98. The smallest absolute Gasteiger partial charge is 0.304 e. The molecule has 0 fully saturated rings. The Morgan fingerprint density at radius 1 is 1.40 bits per heavy atom. The van der Waals surface area contributed by atoms with Gasteiger partial charge >= 0.3 is 5.97 Å².